The van der Waals surface area contributed by atoms with Gasteiger partial charge in [-0.1, -0.05) is 127 Å². The van der Waals surface area contributed by atoms with Crippen molar-refractivity contribution in [2.45, 2.75) is 40.5 Å². The highest BCUT2D eigenvalue weighted by Gasteiger charge is 1.73. The van der Waals surface area contributed by atoms with Crippen LogP contribution in [0.4, 0.5) is 0 Å². The predicted molar refractivity (Wildman–Crippen MR) is 123 cm³/mol. The summed E-state index contributed by atoms with van der Waals surface area (Å²) in [7, 11) is 2.70. The standard InChI is InChI=1S/3C7H8.C4H11P/c3*1-7-5-3-2-4-6-7;1-2-3-4-5/h3*2-6H,1H3;2-5H2,1H3. The van der Waals surface area contributed by atoms with Crippen molar-refractivity contribution >= 4 is 9.24 Å². The van der Waals surface area contributed by atoms with Crippen molar-refractivity contribution < 1.29 is 0 Å². The summed E-state index contributed by atoms with van der Waals surface area (Å²) in [6.07, 6.45) is 3.94. The van der Waals surface area contributed by atoms with Gasteiger partial charge in [-0.05, 0) is 26.9 Å². The maximum Gasteiger partial charge on any atom is -0.0381 e. The van der Waals surface area contributed by atoms with Gasteiger partial charge in [0.05, 0.1) is 0 Å². The summed E-state index contributed by atoms with van der Waals surface area (Å²) in [4.78, 5) is 0. The maximum absolute atomic E-state index is 2.70. The van der Waals surface area contributed by atoms with Gasteiger partial charge < -0.3 is 0 Å². The van der Waals surface area contributed by atoms with E-state index < -0.39 is 0 Å². The summed E-state index contributed by atoms with van der Waals surface area (Å²) in [5.74, 6) is 0. The van der Waals surface area contributed by atoms with Crippen LogP contribution >= 0.6 is 9.24 Å². The van der Waals surface area contributed by atoms with Crippen molar-refractivity contribution in [2.75, 3.05) is 6.16 Å². The van der Waals surface area contributed by atoms with Gasteiger partial charge in [-0.3, -0.25) is 0 Å². The summed E-state index contributed by atoms with van der Waals surface area (Å²) in [5.41, 5.74) is 3.97. The Balaban J connectivity index is 0.000000324. The highest BCUT2D eigenvalue weighted by Crippen LogP contribution is 1.93. The molecule has 0 saturated carbocycles. The van der Waals surface area contributed by atoms with E-state index in [1.54, 1.807) is 0 Å². The monoisotopic (exact) mass is 366 g/mol. The molecule has 3 rings (SSSR count). The highest BCUT2D eigenvalue weighted by atomic mass is 31.0. The fourth-order valence-corrected chi connectivity index (χ4v) is 2.22. The fourth-order valence-electron chi connectivity index (χ4n) is 1.81. The van der Waals surface area contributed by atoms with Crippen molar-refractivity contribution in [3.8, 4) is 0 Å². The summed E-state index contributed by atoms with van der Waals surface area (Å²) in [6.45, 7) is 8.45. The molecule has 1 heteroatoms. The van der Waals surface area contributed by atoms with E-state index in [2.05, 4.69) is 73.3 Å². The van der Waals surface area contributed by atoms with Gasteiger partial charge in [-0.25, -0.2) is 0 Å². The van der Waals surface area contributed by atoms with Crippen LogP contribution in [-0.2, 0) is 0 Å². The van der Waals surface area contributed by atoms with E-state index in [4.69, 9.17) is 0 Å². The van der Waals surface area contributed by atoms with E-state index >= 15 is 0 Å². The van der Waals surface area contributed by atoms with Gasteiger partial charge >= 0.3 is 0 Å². The molecule has 0 N–H and O–H groups in total. The molecule has 3 aromatic carbocycles. The Morgan fingerprint density at radius 2 is 0.808 bits per heavy atom. The lowest BCUT2D eigenvalue weighted by molar-refractivity contribution is 0.897. The zero-order valence-corrected chi connectivity index (χ0v) is 18.0. The molecule has 1 unspecified atom stereocenters. The van der Waals surface area contributed by atoms with Crippen LogP contribution in [-0.4, -0.2) is 6.16 Å². The molecule has 3 aromatic rings. The lowest BCUT2D eigenvalue weighted by Crippen LogP contribution is -1.64. The molecule has 0 bridgehead atoms. The average molecular weight is 367 g/mol. The molecule has 140 valence electrons. The molecule has 0 amide bonds. The molecule has 0 aliphatic carbocycles. The van der Waals surface area contributed by atoms with Gasteiger partial charge in [0.1, 0.15) is 0 Å². The largest absolute Gasteiger partial charge is 0.138 e. The molecule has 0 spiro atoms. The van der Waals surface area contributed by atoms with Crippen molar-refractivity contribution in [3.63, 3.8) is 0 Å². The quantitative estimate of drug-likeness (QED) is 0.409. The van der Waals surface area contributed by atoms with Crippen LogP contribution in [0, 0.1) is 20.8 Å². The van der Waals surface area contributed by atoms with Crippen molar-refractivity contribution in [2.24, 2.45) is 0 Å². The zero-order valence-electron chi connectivity index (χ0n) is 16.9. The lowest BCUT2D eigenvalue weighted by atomic mass is 10.2. The molecule has 1 atom stereocenters. The minimum atomic E-state index is 1.26. The average Bonchev–Trinajstić information content (AvgIpc) is 2.66. The van der Waals surface area contributed by atoms with E-state index in [-0.39, 0.29) is 0 Å². The molecule has 0 saturated heterocycles. The Morgan fingerprint density at radius 3 is 0.885 bits per heavy atom. The van der Waals surface area contributed by atoms with Crippen molar-refractivity contribution in [1.29, 1.82) is 0 Å². The molecule has 0 fully saturated rings. The number of aryl methyl sites for hydroxylation is 3. The van der Waals surface area contributed by atoms with Crippen LogP contribution in [0.15, 0.2) is 91.0 Å². The second-order valence-electron chi connectivity index (χ2n) is 6.11. The van der Waals surface area contributed by atoms with Crippen LogP contribution in [0.2, 0.25) is 0 Å². The smallest absolute Gasteiger partial charge is 0.0381 e. The van der Waals surface area contributed by atoms with Crippen molar-refractivity contribution in [1.82, 2.24) is 0 Å². The Bertz CT molecular complexity index is 527. The zero-order chi connectivity index (χ0) is 19.5. The summed E-state index contributed by atoms with van der Waals surface area (Å²) in [5, 5.41) is 0. The van der Waals surface area contributed by atoms with Crippen LogP contribution in [0.5, 0.6) is 0 Å². The number of hydrogen-bond donors (Lipinski definition) is 0. The topological polar surface area (TPSA) is 0 Å². The van der Waals surface area contributed by atoms with Gasteiger partial charge in [-0.2, -0.15) is 0 Å². The fraction of sp³-hybridized carbons (Fsp3) is 0.280. The Hall–Kier alpha value is -1.91. The van der Waals surface area contributed by atoms with Crippen LogP contribution < -0.4 is 0 Å². The maximum atomic E-state index is 2.70. The van der Waals surface area contributed by atoms with Gasteiger partial charge in [-0.15, -0.1) is 9.24 Å². The van der Waals surface area contributed by atoms with Crippen LogP contribution in [0.25, 0.3) is 0 Å². The lowest BCUT2D eigenvalue weighted by Gasteiger charge is -1.82. The van der Waals surface area contributed by atoms with E-state index in [9.17, 15) is 0 Å². The van der Waals surface area contributed by atoms with Crippen molar-refractivity contribution in [3.05, 3.63) is 108 Å². The SMILES string of the molecule is CCCCP.Cc1ccccc1.Cc1ccccc1.Cc1ccccc1. The molecule has 0 aliphatic heterocycles. The molecule has 0 nitrogen and oxygen atoms in total. The second kappa shape index (κ2) is 17.9. The first-order valence-electron chi connectivity index (χ1n) is 9.35. The van der Waals surface area contributed by atoms with E-state index in [1.807, 2.05) is 54.6 Å². The van der Waals surface area contributed by atoms with E-state index in [1.165, 1.54) is 35.7 Å². The third-order valence-electron chi connectivity index (χ3n) is 3.38. The first-order chi connectivity index (χ1) is 12.6. The Kier molecular flexibility index (Phi) is 16.6. The van der Waals surface area contributed by atoms with Gasteiger partial charge in [0.2, 0.25) is 0 Å². The molecule has 0 radical (unpaired) electrons. The Labute approximate surface area is 163 Å². The van der Waals surface area contributed by atoms with E-state index in [0.717, 1.165) is 0 Å². The van der Waals surface area contributed by atoms with Gasteiger partial charge in [0.15, 0.2) is 0 Å². The first kappa shape index (κ1) is 24.1. The molecular formula is C25H35P. The molecule has 0 aromatic heterocycles. The summed E-state index contributed by atoms with van der Waals surface area (Å²) >= 11 is 0. The minimum Gasteiger partial charge on any atom is -0.138 e. The normalized spacial score (nSPS) is 8.65. The predicted octanol–water partition coefficient (Wildman–Crippen LogP) is 7.65. The Morgan fingerprint density at radius 1 is 0.538 bits per heavy atom. The molecular weight excluding hydrogens is 331 g/mol. The number of hydrogen-bond acceptors (Lipinski definition) is 0. The number of benzene rings is 3. The summed E-state index contributed by atoms with van der Waals surface area (Å²) < 4.78 is 0. The molecule has 0 aliphatic rings. The molecule has 0 heterocycles. The number of unbranched alkanes of at least 4 members (excludes halogenated alkanes) is 1. The third-order valence-corrected chi connectivity index (χ3v) is 3.79. The first-order valence-corrected chi connectivity index (χ1v) is 10.2. The van der Waals surface area contributed by atoms with Crippen LogP contribution in [0.3, 0.4) is 0 Å². The molecule has 26 heavy (non-hydrogen) atoms. The van der Waals surface area contributed by atoms with Gasteiger partial charge in [0, 0.05) is 0 Å². The third kappa shape index (κ3) is 16.9. The van der Waals surface area contributed by atoms with E-state index in [0.29, 0.717) is 0 Å². The number of rotatable bonds is 2. The van der Waals surface area contributed by atoms with Crippen LogP contribution in [0.1, 0.15) is 36.5 Å². The highest BCUT2D eigenvalue weighted by molar-refractivity contribution is 7.16. The summed E-state index contributed by atoms with van der Waals surface area (Å²) in [6, 6.07) is 30.8. The minimum absolute atomic E-state index is 1.26. The second-order valence-corrected chi connectivity index (χ2v) is 6.68. The van der Waals surface area contributed by atoms with Gasteiger partial charge in [0.25, 0.3) is 0 Å².